The third-order valence-electron chi connectivity index (χ3n) is 7.79. The van der Waals surface area contributed by atoms with Crippen molar-refractivity contribution in [2.75, 3.05) is 39.3 Å². The number of hydrogen-bond donors (Lipinski definition) is 0. The molecule has 2 aromatic heterocycles. The van der Waals surface area contributed by atoms with Crippen molar-refractivity contribution in [3.05, 3.63) is 53.5 Å². The average Bonchev–Trinajstić information content (AvgIpc) is 3.19. The second-order valence-electron chi connectivity index (χ2n) is 10.4. The minimum absolute atomic E-state index is 0.00845. The lowest BCUT2D eigenvalue weighted by atomic mass is 10.1. The first kappa shape index (κ1) is 26.2. The van der Waals surface area contributed by atoms with Crippen LogP contribution in [-0.4, -0.2) is 58.2 Å². The Balaban J connectivity index is 1.35. The number of fused-ring (bicyclic) bond motifs is 2. The molecule has 38 heavy (non-hydrogen) atoms. The molecule has 0 atom stereocenters. The Bertz CT molecular complexity index is 1440. The molecule has 8 nitrogen and oxygen atoms in total. The summed E-state index contributed by atoms with van der Waals surface area (Å²) in [6.45, 7) is 5.32. The largest absolute Gasteiger partial charge is 0.292 e. The highest BCUT2D eigenvalue weighted by molar-refractivity contribution is 5.97. The summed E-state index contributed by atoms with van der Waals surface area (Å²) < 4.78 is 2.19. The van der Waals surface area contributed by atoms with Crippen molar-refractivity contribution in [2.24, 2.45) is 0 Å². The first-order valence-corrected chi connectivity index (χ1v) is 13.8. The maximum atomic E-state index is 13.0. The summed E-state index contributed by atoms with van der Waals surface area (Å²) in [7, 11) is 0. The molecule has 5 rings (SSSR count). The highest BCUT2D eigenvalue weighted by Gasteiger charge is 2.19. The van der Waals surface area contributed by atoms with E-state index in [9.17, 15) is 19.2 Å². The Labute approximate surface area is 221 Å². The molecule has 0 spiro atoms. The van der Waals surface area contributed by atoms with E-state index in [0.29, 0.717) is 13.1 Å². The second-order valence-corrected chi connectivity index (χ2v) is 10.4. The van der Waals surface area contributed by atoms with E-state index in [4.69, 9.17) is 0 Å². The maximum absolute atomic E-state index is 13.0. The van der Waals surface area contributed by atoms with Gasteiger partial charge in [0.1, 0.15) is 0 Å². The minimum atomic E-state index is -0.479. The molecule has 2 aliphatic heterocycles. The third kappa shape index (κ3) is 5.53. The standard InChI is InChI=1S/C30H34N4O4/c35-27-23-21-25-26(30(38)34(29(25)37)20-12-10-18-32-15-7-3-4-8-16-32)22-24(23)28(36)33(27)19-11-9-17-31-13-5-1-2-6-14-31/h21-22H,1-8,13-20H2. The molecule has 0 unspecified atom stereocenters. The zero-order chi connectivity index (χ0) is 26.5. The van der Waals surface area contributed by atoms with Crippen molar-refractivity contribution in [2.45, 2.75) is 64.5 Å². The zero-order valence-corrected chi connectivity index (χ0v) is 21.9. The van der Waals surface area contributed by atoms with E-state index >= 15 is 0 Å². The molecule has 8 heteroatoms. The molecule has 2 saturated heterocycles. The molecule has 0 N–H and O–H groups in total. The number of likely N-dealkylation sites (tertiary alicyclic amines) is 2. The first-order chi connectivity index (χ1) is 18.5. The van der Waals surface area contributed by atoms with E-state index < -0.39 is 22.2 Å². The Morgan fingerprint density at radius 1 is 0.447 bits per heavy atom. The molecule has 0 amide bonds. The van der Waals surface area contributed by atoms with Crippen molar-refractivity contribution in [3.63, 3.8) is 0 Å². The van der Waals surface area contributed by atoms with Crippen LogP contribution in [0.1, 0.15) is 51.4 Å². The smallest absolute Gasteiger partial charge is 0.262 e. The first-order valence-electron chi connectivity index (χ1n) is 13.8. The lowest BCUT2D eigenvalue weighted by Crippen LogP contribution is -2.26. The van der Waals surface area contributed by atoms with Crippen molar-refractivity contribution >= 4 is 21.5 Å². The van der Waals surface area contributed by atoms with Crippen LogP contribution in [0.25, 0.3) is 21.5 Å². The van der Waals surface area contributed by atoms with Crippen LogP contribution in [-0.2, 0) is 13.1 Å². The average molecular weight is 515 g/mol. The maximum Gasteiger partial charge on any atom is 0.262 e. The molecule has 2 fully saturated rings. The van der Waals surface area contributed by atoms with Crippen LogP contribution in [0, 0.1) is 23.7 Å². The van der Waals surface area contributed by atoms with Gasteiger partial charge in [0.15, 0.2) is 0 Å². The van der Waals surface area contributed by atoms with Crippen molar-refractivity contribution < 1.29 is 0 Å². The quantitative estimate of drug-likeness (QED) is 0.493. The molecule has 0 saturated carbocycles. The SMILES string of the molecule is O=c1c2cc3c(=O)n(CC#CCN4CCCCCC4)c(=O)c3cc2c(=O)n1CC#CCN1CCCCCC1. The summed E-state index contributed by atoms with van der Waals surface area (Å²) in [6, 6.07) is 2.78. The number of rotatable bonds is 4. The van der Waals surface area contributed by atoms with Crippen LogP contribution in [0.4, 0.5) is 0 Å². The van der Waals surface area contributed by atoms with E-state index in [1.54, 1.807) is 0 Å². The molecule has 198 valence electrons. The van der Waals surface area contributed by atoms with Gasteiger partial charge in [0.05, 0.1) is 47.7 Å². The molecular formula is C30H34N4O4. The molecule has 0 aliphatic carbocycles. The summed E-state index contributed by atoms with van der Waals surface area (Å²) in [5, 5.41) is 0.605. The molecule has 0 radical (unpaired) electrons. The van der Waals surface area contributed by atoms with Gasteiger partial charge in [-0.15, -0.1) is 0 Å². The molecule has 1 aromatic carbocycles. The van der Waals surface area contributed by atoms with Crippen LogP contribution in [0.15, 0.2) is 31.3 Å². The van der Waals surface area contributed by atoms with Crippen LogP contribution in [0.5, 0.6) is 0 Å². The molecule has 4 heterocycles. The van der Waals surface area contributed by atoms with E-state index in [1.165, 1.54) is 63.5 Å². The van der Waals surface area contributed by atoms with Crippen LogP contribution >= 0.6 is 0 Å². The monoisotopic (exact) mass is 514 g/mol. The van der Waals surface area contributed by atoms with Gasteiger partial charge in [-0.1, -0.05) is 49.4 Å². The van der Waals surface area contributed by atoms with Gasteiger partial charge in [0.25, 0.3) is 22.2 Å². The molecule has 2 aliphatic rings. The van der Waals surface area contributed by atoms with Crippen molar-refractivity contribution in [1.82, 2.24) is 18.9 Å². The lowest BCUT2D eigenvalue weighted by molar-refractivity contribution is 0.320. The van der Waals surface area contributed by atoms with Crippen LogP contribution < -0.4 is 22.2 Å². The number of benzene rings is 1. The topological polar surface area (TPSA) is 84.6 Å². The second kappa shape index (κ2) is 11.9. The molecule has 0 bridgehead atoms. The highest BCUT2D eigenvalue weighted by Crippen LogP contribution is 2.14. The van der Waals surface area contributed by atoms with Gasteiger partial charge in [-0.25, -0.2) is 0 Å². The van der Waals surface area contributed by atoms with E-state index in [0.717, 1.165) is 35.3 Å². The Morgan fingerprint density at radius 3 is 1.05 bits per heavy atom. The summed E-state index contributed by atoms with van der Waals surface area (Å²) >= 11 is 0. The summed E-state index contributed by atoms with van der Waals surface area (Å²) in [5.41, 5.74) is -1.92. The van der Waals surface area contributed by atoms with Gasteiger partial charge in [0.2, 0.25) is 0 Å². The van der Waals surface area contributed by atoms with E-state index in [1.807, 2.05) is 0 Å². The van der Waals surface area contributed by atoms with E-state index in [-0.39, 0.29) is 34.6 Å². The molecular weight excluding hydrogens is 480 g/mol. The van der Waals surface area contributed by atoms with Crippen LogP contribution in [0.2, 0.25) is 0 Å². The van der Waals surface area contributed by atoms with E-state index in [2.05, 4.69) is 33.5 Å². The Kier molecular flexibility index (Phi) is 8.22. The Hall–Kier alpha value is -3.46. The third-order valence-corrected chi connectivity index (χ3v) is 7.79. The highest BCUT2D eigenvalue weighted by atomic mass is 16.2. The van der Waals surface area contributed by atoms with Crippen molar-refractivity contribution in [3.8, 4) is 23.7 Å². The van der Waals surface area contributed by atoms with Crippen LogP contribution in [0.3, 0.4) is 0 Å². The fourth-order valence-electron chi connectivity index (χ4n) is 5.55. The van der Waals surface area contributed by atoms with Gasteiger partial charge >= 0.3 is 0 Å². The Morgan fingerprint density at radius 2 is 0.737 bits per heavy atom. The van der Waals surface area contributed by atoms with Crippen molar-refractivity contribution in [1.29, 1.82) is 0 Å². The molecule has 3 aromatic rings. The van der Waals surface area contributed by atoms with Gasteiger partial charge in [0, 0.05) is 0 Å². The lowest BCUT2D eigenvalue weighted by Gasteiger charge is -2.15. The summed E-state index contributed by atoms with van der Waals surface area (Å²) in [4.78, 5) is 56.6. The summed E-state index contributed by atoms with van der Waals surface area (Å²) in [6.07, 6.45) is 9.68. The normalized spacial score (nSPS) is 17.5. The van der Waals surface area contributed by atoms with Gasteiger partial charge in [-0.3, -0.25) is 38.1 Å². The van der Waals surface area contributed by atoms with Gasteiger partial charge < -0.3 is 0 Å². The predicted molar refractivity (Wildman–Crippen MR) is 150 cm³/mol. The number of hydrogen-bond acceptors (Lipinski definition) is 6. The van der Waals surface area contributed by atoms with Gasteiger partial charge in [-0.05, 0) is 64.0 Å². The minimum Gasteiger partial charge on any atom is -0.292 e. The number of nitrogens with zero attached hydrogens (tertiary/aromatic N) is 4. The fraction of sp³-hybridized carbons (Fsp3) is 0.533. The zero-order valence-electron chi connectivity index (χ0n) is 21.9. The summed E-state index contributed by atoms with van der Waals surface area (Å²) in [5.74, 6) is 12.1. The fourth-order valence-corrected chi connectivity index (χ4v) is 5.55. The number of aromatic nitrogens is 2. The van der Waals surface area contributed by atoms with Gasteiger partial charge in [-0.2, -0.15) is 0 Å². The predicted octanol–water partition coefficient (Wildman–Crippen LogP) is 1.67.